The van der Waals surface area contributed by atoms with Crippen LogP contribution >= 0.6 is 11.8 Å². The number of hydrogen-bond donors (Lipinski definition) is 2. The summed E-state index contributed by atoms with van der Waals surface area (Å²) in [6, 6.07) is 7.92. The zero-order valence-electron chi connectivity index (χ0n) is 12.0. The van der Waals surface area contributed by atoms with Gasteiger partial charge in [-0.3, -0.25) is 4.79 Å². The lowest BCUT2D eigenvalue weighted by atomic mass is 10.0. The van der Waals surface area contributed by atoms with Crippen molar-refractivity contribution in [2.75, 3.05) is 11.1 Å². The molecule has 0 spiro atoms. The standard InChI is InChI=1S/C15H23NO2S/c1-10(2)13-6-5-7-14(8-13)16-15(18)9-19-12(4)11(3)17/h5-8,10-12,17H,9H2,1-4H3,(H,16,18). The van der Waals surface area contributed by atoms with E-state index in [4.69, 9.17) is 0 Å². The average molecular weight is 281 g/mol. The Balaban J connectivity index is 2.50. The summed E-state index contributed by atoms with van der Waals surface area (Å²) in [6.45, 7) is 7.91. The van der Waals surface area contributed by atoms with Gasteiger partial charge in [0.2, 0.25) is 5.91 Å². The number of rotatable bonds is 6. The zero-order valence-corrected chi connectivity index (χ0v) is 12.8. The van der Waals surface area contributed by atoms with E-state index in [0.717, 1.165) is 5.69 Å². The first kappa shape index (κ1) is 16.1. The maximum absolute atomic E-state index is 11.8. The molecule has 0 aromatic heterocycles. The first-order valence-corrected chi connectivity index (χ1v) is 7.64. The minimum Gasteiger partial charge on any atom is -0.392 e. The third-order valence-electron chi connectivity index (χ3n) is 2.99. The van der Waals surface area contributed by atoms with Gasteiger partial charge in [0.1, 0.15) is 0 Å². The van der Waals surface area contributed by atoms with Crippen molar-refractivity contribution < 1.29 is 9.90 Å². The Kier molecular flexibility index (Phi) is 6.38. The molecule has 0 fully saturated rings. The molecule has 1 amide bonds. The van der Waals surface area contributed by atoms with Gasteiger partial charge < -0.3 is 10.4 Å². The van der Waals surface area contributed by atoms with E-state index in [1.54, 1.807) is 6.92 Å². The van der Waals surface area contributed by atoms with Crippen molar-refractivity contribution in [1.29, 1.82) is 0 Å². The number of hydrogen-bond acceptors (Lipinski definition) is 3. The number of carbonyl (C=O) groups is 1. The van der Waals surface area contributed by atoms with E-state index < -0.39 is 6.10 Å². The molecule has 0 bridgehead atoms. The summed E-state index contributed by atoms with van der Waals surface area (Å²) < 4.78 is 0. The number of amides is 1. The minimum atomic E-state index is -0.401. The first-order chi connectivity index (χ1) is 8.90. The van der Waals surface area contributed by atoms with Gasteiger partial charge in [0.05, 0.1) is 11.9 Å². The van der Waals surface area contributed by atoms with Crippen LogP contribution in [0.2, 0.25) is 0 Å². The highest BCUT2D eigenvalue weighted by Gasteiger charge is 2.12. The molecule has 0 saturated carbocycles. The van der Waals surface area contributed by atoms with Crippen LogP contribution in [0.4, 0.5) is 5.69 Å². The summed E-state index contributed by atoms with van der Waals surface area (Å²) >= 11 is 1.46. The van der Waals surface area contributed by atoms with Gasteiger partial charge in [-0.25, -0.2) is 0 Å². The Morgan fingerprint density at radius 2 is 2.00 bits per heavy atom. The third kappa shape index (κ3) is 5.66. The van der Waals surface area contributed by atoms with Crippen LogP contribution in [0.1, 0.15) is 39.2 Å². The largest absolute Gasteiger partial charge is 0.392 e. The van der Waals surface area contributed by atoms with Crippen molar-refractivity contribution in [1.82, 2.24) is 0 Å². The van der Waals surface area contributed by atoms with E-state index in [1.165, 1.54) is 17.3 Å². The second-order valence-corrected chi connectivity index (χ2v) is 6.45. The topological polar surface area (TPSA) is 49.3 Å². The Morgan fingerprint density at radius 1 is 1.32 bits per heavy atom. The van der Waals surface area contributed by atoms with Crippen molar-refractivity contribution in [2.24, 2.45) is 0 Å². The van der Waals surface area contributed by atoms with Gasteiger partial charge in [-0.2, -0.15) is 0 Å². The van der Waals surface area contributed by atoms with Crippen LogP contribution in [-0.4, -0.2) is 28.1 Å². The van der Waals surface area contributed by atoms with Gasteiger partial charge in [0, 0.05) is 10.9 Å². The van der Waals surface area contributed by atoms with Crippen LogP contribution < -0.4 is 5.32 Å². The molecule has 1 aromatic rings. The Labute approximate surface area is 119 Å². The second-order valence-electron chi connectivity index (χ2n) is 5.09. The van der Waals surface area contributed by atoms with Crippen LogP contribution in [0.3, 0.4) is 0 Å². The first-order valence-electron chi connectivity index (χ1n) is 6.59. The molecular weight excluding hydrogens is 258 g/mol. The molecule has 3 nitrogen and oxygen atoms in total. The zero-order chi connectivity index (χ0) is 14.4. The summed E-state index contributed by atoms with van der Waals surface area (Å²) in [6.07, 6.45) is -0.401. The average Bonchev–Trinajstić information content (AvgIpc) is 2.36. The fraction of sp³-hybridized carbons (Fsp3) is 0.533. The quantitative estimate of drug-likeness (QED) is 0.841. The molecule has 2 atom stereocenters. The predicted octanol–water partition coefficient (Wildman–Crippen LogP) is 3.25. The van der Waals surface area contributed by atoms with E-state index in [2.05, 4.69) is 25.2 Å². The van der Waals surface area contributed by atoms with E-state index >= 15 is 0 Å². The second kappa shape index (κ2) is 7.56. The molecule has 0 saturated heterocycles. The molecule has 106 valence electrons. The lowest BCUT2D eigenvalue weighted by Crippen LogP contribution is -2.20. The molecule has 2 unspecified atom stereocenters. The van der Waals surface area contributed by atoms with E-state index in [1.807, 2.05) is 25.1 Å². The number of anilines is 1. The molecule has 2 N–H and O–H groups in total. The van der Waals surface area contributed by atoms with Crippen LogP contribution in [0.25, 0.3) is 0 Å². The predicted molar refractivity (Wildman–Crippen MR) is 82.8 cm³/mol. The molecular formula is C15H23NO2S. The van der Waals surface area contributed by atoms with E-state index in [9.17, 15) is 9.90 Å². The Morgan fingerprint density at radius 3 is 2.58 bits per heavy atom. The molecule has 4 heteroatoms. The number of carbonyl (C=O) groups excluding carboxylic acids is 1. The monoisotopic (exact) mass is 281 g/mol. The van der Waals surface area contributed by atoms with Gasteiger partial charge >= 0.3 is 0 Å². The summed E-state index contributed by atoms with van der Waals surface area (Å²) in [7, 11) is 0. The highest BCUT2D eigenvalue weighted by molar-refractivity contribution is 8.00. The summed E-state index contributed by atoms with van der Waals surface area (Å²) in [5.41, 5.74) is 2.05. The molecule has 1 aromatic carbocycles. The maximum atomic E-state index is 11.8. The van der Waals surface area contributed by atoms with Crippen LogP contribution in [0.5, 0.6) is 0 Å². The molecule has 0 aliphatic rings. The molecule has 0 radical (unpaired) electrons. The highest BCUT2D eigenvalue weighted by Crippen LogP contribution is 2.19. The van der Waals surface area contributed by atoms with Crippen molar-refractivity contribution in [3.05, 3.63) is 29.8 Å². The maximum Gasteiger partial charge on any atom is 0.234 e. The van der Waals surface area contributed by atoms with Crippen molar-refractivity contribution in [3.8, 4) is 0 Å². The summed E-state index contributed by atoms with van der Waals surface area (Å²) in [5.74, 6) is 0.776. The molecule has 0 heterocycles. The number of aliphatic hydroxyl groups is 1. The Bertz CT molecular complexity index is 418. The van der Waals surface area contributed by atoms with Gasteiger partial charge in [0.15, 0.2) is 0 Å². The summed E-state index contributed by atoms with van der Waals surface area (Å²) in [4.78, 5) is 11.8. The van der Waals surface area contributed by atoms with Gasteiger partial charge in [-0.15, -0.1) is 11.8 Å². The third-order valence-corrected chi connectivity index (χ3v) is 4.34. The van der Waals surface area contributed by atoms with Gasteiger partial charge in [-0.05, 0) is 30.5 Å². The number of nitrogens with one attached hydrogen (secondary N) is 1. The lowest BCUT2D eigenvalue weighted by Gasteiger charge is -2.14. The summed E-state index contributed by atoms with van der Waals surface area (Å²) in [5, 5.41) is 12.3. The van der Waals surface area contributed by atoms with Crippen molar-refractivity contribution >= 4 is 23.4 Å². The molecule has 19 heavy (non-hydrogen) atoms. The minimum absolute atomic E-state index is 0.0293. The number of aliphatic hydroxyl groups excluding tert-OH is 1. The van der Waals surface area contributed by atoms with Crippen LogP contribution in [0, 0.1) is 0 Å². The van der Waals surface area contributed by atoms with E-state index in [0.29, 0.717) is 11.7 Å². The van der Waals surface area contributed by atoms with E-state index in [-0.39, 0.29) is 11.2 Å². The fourth-order valence-electron chi connectivity index (χ4n) is 1.52. The van der Waals surface area contributed by atoms with Crippen LogP contribution in [-0.2, 0) is 4.79 Å². The fourth-order valence-corrected chi connectivity index (χ4v) is 2.28. The highest BCUT2D eigenvalue weighted by atomic mass is 32.2. The smallest absolute Gasteiger partial charge is 0.234 e. The van der Waals surface area contributed by atoms with Gasteiger partial charge in [0.25, 0.3) is 0 Å². The molecule has 1 rings (SSSR count). The van der Waals surface area contributed by atoms with Crippen molar-refractivity contribution in [2.45, 2.75) is 45.0 Å². The van der Waals surface area contributed by atoms with Crippen LogP contribution in [0.15, 0.2) is 24.3 Å². The molecule has 0 aliphatic carbocycles. The number of benzene rings is 1. The molecule has 0 aliphatic heterocycles. The lowest BCUT2D eigenvalue weighted by molar-refractivity contribution is -0.113. The Hall–Kier alpha value is -1.00. The SMILES string of the molecule is CC(C)c1cccc(NC(=O)CSC(C)C(C)O)c1. The van der Waals surface area contributed by atoms with Gasteiger partial charge in [-0.1, -0.05) is 32.9 Å². The van der Waals surface area contributed by atoms with Crippen molar-refractivity contribution in [3.63, 3.8) is 0 Å². The number of thioether (sulfide) groups is 1. The normalized spacial score (nSPS) is 14.2.